The van der Waals surface area contributed by atoms with Gasteiger partial charge in [0.2, 0.25) is 0 Å². The summed E-state index contributed by atoms with van der Waals surface area (Å²) in [5.41, 5.74) is 1.14. The molecule has 1 aromatic rings. The molecule has 1 aliphatic rings. The topological polar surface area (TPSA) is 57.6 Å². The number of aliphatic carboxylic acids is 1. The highest BCUT2D eigenvalue weighted by Crippen LogP contribution is 2.43. The Labute approximate surface area is 104 Å². The molecule has 0 unspecified atom stereocenters. The van der Waals surface area contributed by atoms with E-state index in [0.29, 0.717) is 5.92 Å². The maximum atomic E-state index is 12.1. The summed E-state index contributed by atoms with van der Waals surface area (Å²) in [5, 5.41) is 10.5. The normalized spacial score (nSPS) is 14.6. The first-order chi connectivity index (χ1) is 8.09. The van der Waals surface area contributed by atoms with Crippen LogP contribution in [0.5, 0.6) is 0 Å². The molecule has 1 heterocycles. The van der Waals surface area contributed by atoms with Crippen LogP contribution in [0.25, 0.3) is 0 Å². The van der Waals surface area contributed by atoms with Gasteiger partial charge in [0.05, 0.1) is 11.3 Å². The van der Waals surface area contributed by atoms with E-state index in [-0.39, 0.29) is 18.9 Å². The van der Waals surface area contributed by atoms with Crippen LogP contribution in [0.4, 0.5) is 0 Å². The van der Waals surface area contributed by atoms with Crippen molar-refractivity contribution in [2.45, 2.75) is 25.2 Å². The van der Waals surface area contributed by atoms with E-state index in [1.807, 2.05) is 11.4 Å². The minimum absolute atomic E-state index is 0.00756. The molecule has 92 valence electrons. The predicted octanol–water partition coefficient (Wildman–Crippen LogP) is 2.17. The number of nitrogens with zero attached hydrogens (tertiary/aromatic N) is 1. The van der Waals surface area contributed by atoms with E-state index in [1.54, 1.807) is 7.05 Å². The smallest absolute Gasteiger partial charge is 0.305 e. The summed E-state index contributed by atoms with van der Waals surface area (Å²) in [6.07, 6.45) is 2.32. The van der Waals surface area contributed by atoms with Gasteiger partial charge in [-0.2, -0.15) is 0 Å². The molecule has 1 fully saturated rings. The minimum atomic E-state index is -0.877. The molecule has 0 radical (unpaired) electrons. The number of hydrogen-bond donors (Lipinski definition) is 1. The third-order valence-corrected chi connectivity index (χ3v) is 3.83. The lowest BCUT2D eigenvalue weighted by Gasteiger charge is -2.15. The minimum Gasteiger partial charge on any atom is -0.481 e. The van der Waals surface area contributed by atoms with Crippen LogP contribution in [0.3, 0.4) is 0 Å². The molecule has 1 saturated carbocycles. The molecule has 1 amide bonds. The van der Waals surface area contributed by atoms with Crippen molar-refractivity contribution in [3.8, 4) is 0 Å². The quantitative estimate of drug-likeness (QED) is 0.875. The summed E-state index contributed by atoms with van der Waals surface area (Å²) in [6, 6.07) is 2.01. The van der Waals surface area contributed by atoms with Gasteiger partial charge in [-0.25, -0.2) is 0 Å². The molecule has 17 heavy (non-hydrogen) atoms. The summed E-state index contributed by atoms with van der Waals surface area (Å²) < 4.78 is 0. The fraction of sp³-hybridized carbons (Fsp3) is 0.500. The van der Waals surface area contributed by atoms with Crippen molar-refractivity contribution < 1.29 is 14.7 Å². The van der Waals surface area contributed by atoms with Crippen molar-refractivity contribution in [1.82, 2.24) is 4.90 Å². The maximum absolute atomic E-state index is 12.1. The summed E-state index contributed by atoms with van der Waals surface area (Å²) >= 11 is 1.45. The Bertz CT molecular complexity index is 437. The van der Waals surface area contributed by atoms with Crippen LogP contribution in [-0.4, -0.2) is 35.5 Å². The Balaban J connectivity index is 2.02. The van der Waals surface area contributed by atoms with E-state index in [4.69, 9.17) is 5.11 Å². The molecule has 1 aromatic heterocycles. The number of thiophene rings is 1. The zero-order valence-electron chi connectivity index (χ0n) is 9.68. The molecular weight excluding hydrogens is 238 g/mol. The zero-order valence-corrected chi connectivity index (χ0v) is 10.5. The standard InChI is InChI=1S/C12H15NO3S/c1-13(6-4-10(14)15)12(16)11-9(5-7-17-11)8-2-3-8/h5,7-8H,2-4,6H2,1H3,(H,14,15). The number of amides is 1. The van der Waals surface area contributed by atoms with Crippen molar-refractivity contribution in [1.29, 1.82) is 0 Å². The van der Waals surface area contributed by atoms with Gasteiger partial charge in [-0.05, 0) is 35.8 Å². The molecule has 5 heteroatoms. The summed E-state index contributed by atoms with van der Waals surface area (Å²) in [4.78, 5) is 24.8. The average Bonchev–Trinajstić information content (AvgIpc) is 3.03. The highest BCUT2D eigenvalue weighted by molar-refractivity contribution is 7.12. The van der Waals surface area contributed by atoms with E-state index in [2.05, 4.69) is 0 Å². The van der Waals surface area contributed by atoms with Gasteiger partial charge in [0.1, 0.15) is 0 Å². The molecule has 0 saturated heterocycles. The summed E-state index contributed by atoms with van der Waals surface area (Å²) in [6.45, 7) is 0.260. The Kier molecular flexibility index (Phi) is 3.47. The fourth-order valence-electron chi connectivity index (χ4n) is 1.75. The van der Waals surface area contributed by atoms with E-state index >= 15 is 0 Å². The summed E-state index contributed by atoms with van der Waals surface area (Å²) in [7, 11) is 1.65. The lowest BCUT2D eigenvalue weighted by Crippen LogP contribution is -2.29. The second kappa shape index (κ2) is 4.87. The van der Waals surface area contributed by atoms with Crippen LogP contribution in [-0.2, 0) is 4.79 Å². The van der Waals surface area contributed by atoms with Crippen LogP contribution < -0.4 is 0 Å². The molecule has 0 bridgehead atoms. The van der Waals surface area contributed by atoms with Crippen LogP contribution in [0.1, 0.15) is 40.4 Å². The van der Waals surface area contributed by atoms with Gasteiger partial charge in [0.15, 0.2) is 0 Å². The lowest BCUT2D eigenvalue weighted by atomic mass is 10.1. The van der Waals surface area contributed by atoms with Gasteiger partial charge in [-0.1, -0.05) is 0 Å². The number of carboxylic acids is 1. The highest BCUT2D eigenvalue weighted by Gasteiger charge is 2.29. The van der Waals surface area contributed by atoms with E-state index < -0.39 is 5.97 Å². The molecule has 4 nitrogen and oxygen atoms in total. The monoisotopic (exact) mass is 253 g/mol. The number of rotatable bonds is 5. The van der Waals surface area contributed by atoms with Crippen molar-refractivity contribution in [2.75, 3.05) is 13.6 Å². The molecule has 1 aliphatic carbocycles. The van der Waals surface area contributed by atoms with Crippen LogP contribution in [0, 0.1) is 0 Å². The number of hydrogen-bond acceptors (Lipinski definition) is 3. The van der Waals surface area contributed by atoms with Crippen molar-refractivity contribution in [3.05, 3.63) is 21.9 Å². The van der Waals surface area contributed by atoms with Crippen LogP contribution in [0.15, 0.2) is 11.4 Å². The number of carboxylic acid groups (broad SMARTS) is 1. The number of carbonyl (C=O) groups is 2. The van der Waals surface area contributed by atoms with Gasteiger partial charge >= 0.3 is 5.97 Å². The van der Waals surface area contributed by atoms with E-state index in [0.717, 1.165) is 23.3 Å². The average molecular weight is 253 g/mol. The van der Waals surface area contributed by atoms with Crippen LogP contribution in [0.2, 0.25) is 0 Å². The molecule has 0 aromatic carbocycles. The largest absolute Gasteiger partial charge is 0.481 e. The second-order valence-electron chi connectivity index (χ2n) is 4.35. The number of carbonyl (C=O) groups excluding carboxylic acids is 1. The van der Waals surface area contributed by atoms with Gasteiger partial charge in [-0.15, -0.1) is 11.3 Å². The van der Waals surface area contributed by atoms with Gasteiger partial charge in [-0.3, -0.25) is 9.59 Å². The van der Waals surface area contributed by atoms with Crippen molar-refractivity contribution in [2.24, 2.45) is 0 Å². The third-order valence-electron chi connectivity index (χ3n) is 2.91. The third kappa shape index (κ3) is 2.85. The predicted molar refractivity (Wildman–Crippen MR) is 65.5 cm³/mol. The molecule has 0 aliphatic heterocycles. The Morgan fingerprint density at radius 1 is 1.53 bits per heavy atom. The summed E-state index contributed by atoms with van der Waals surface area (Å²) in [5.74, 6) is -0.380. The Hall–Kier alpha value is -1.36. The maximum Gasteiger partial charge on any atom is 0.305 e. The Morgan fingerprint density at radius 3 is 2.82 bits per heavy atom. The molecular formula is C12H15NO3S. The molecule has 0 atom stereocenters. The Morgan fingerprint density at radius 2 is 2.24 bits per heavy atom. The lowest BCUT2D eigenvalue weighted by molar-refractivity contribution is -0.137. The van der Waals surface area contributed by atoms with Gasteiger partial charge < -0.3 is 10.0 Å². The van der Waals surface area contributed by atoms with Crippen LogP contribution >= 0.6 is 11.3 Å². The molecule has 2 rings (SSSR count). The first-order valence-electron chi connectivity index (χ1n) is 5.64. The van der Waals surface area contributed by atoms with Crippen molar-refractivity contribution >= 4 is 23.2 Å². The zero-order chi connectivity index (χ0) is 12.4. The second-order valence-corrected chi connectivity index (χ2v) is 5.27. The fourth-order valence-corrected chi connectivity index (χ4v) is 2.73. The highest BCUT2D eigenvalue weighted by atomic mass is 32.1. The van der Waals surface area contributed by atoms with E-state index in [9.17, 15) is 9.59 Å². The first-order valence-corrected chi connectivity index (χ1v) is 6.52. The van der Waals surface area contributed by atoms with Gasteiger partial charge in [0, 0.05) is 13.6 Å². The van der Waals surface area contributed by atoms with Crippen molar-refractivity contribution in [3.63, 3.8) is 0 Å². The molecule has 0 spiro atoms. The van der Waals surface area contributed by atoms with E-state index in [1.165, 1.54) is 16.2 Å². The SMILES string of the molecule is CN(CCC(=O)O)C(=O)c1sccc1C1CC1. The first kappa shape index (κ1) is 12.1. The molecule has 1 N–H and O–H groups in total. The van der Waals surface area contributed by atoms with Gasteiger partial charge in [0.25, 0.3) is 5.91 Å².